The fraction of sp³-hybridized carbons (Fsp3) is 0.907. The van der Waals surface area contributed by atoms with Gasteiger partial charge in [-0.05, 0) is 69.1 Å². The van der Waals surface area contributed by atoms with E-state index in [1.165, 1.54) is 218 Å². The van der Waals surface area contributed by atoms with Crippen molar-refractivity contribution in [3.63, 3.8) is 0 Å². The smallest absolute Gasteiger partial charge is 0.462 e. The van der Waals surface area contributed by atoms with Crippen LogP contribution in [0.15, 0.2) is 24.3 Å². The first-order chi connectivity index (χ1) is 50.7. The standard InChI is InChI=1S/C86H164O17P2/c1-8-9-10-11-12-13-14-15-22-30-35-40-47-55-62-69-86(91)103-82(74-97-84(89)68-61-54-49-42-45-52-59-66-79(6)7)76-101-105(94,95)99-72-80(87)71-98-104(92,93)100-75-81(102-85(90)70-63-56-48-41-36-31-26-21-20-24-28-33-38-44-51-58-65-78(4)5)73-96-83(88)67-60-53-46-39-34-29-25-19-17-16-18-23-27-32-37-43-50-57-64-77(2)3/h13-15,22,77-82,87H,8-12,16-21,23-76H2,1-7H3,(H,92,93)(H,94,95)/b14-13-,22-15-/t80?,81-,82-/m1/s1. The summed E-state index contributed by atoms with van der Waals surface area (Å²) in [6.07, 6.45) is 69.0. The molecule has 0 heterocycles. The van der Waals surface area contributed by atoms with Gasteiger partial charge in [0.2, 0.25) is 0 Å². The number of phosphoric acid groups is 2. The van der Waals surface area contributed by atoms with Gasteiger partial charge in [-0.15, -0.1) is 0 Å². The molecule has 0 aromatic rings. The van der Waals surface area contributed by atoms with Gasteiger partial charge < -0.3 is 33.8 Å². The first kappa shape index (κ1) is 103. The third-order valence-electron chi connectivity index (χ3n) is 19.5. The van der Waals surface area contributed by atoms with Gasteiger partial charge >= 0.3 is 39.5 Å². The number of rotatable bonds is 82. The molecule has 0 saturated carbocycles. The first-order valence-corrected chi connectivity index (χ1v) is 46.7. The van der Waals surface area contributed by atoms with Crippen molar-refractivity contribution in [2.75, 3.05) is 39.6 Å². The summed E-state index contributed by atoms with van der Waals surface area (Å²) >= 11 is 0. The molecular formula is C86H164O17P2. The van der Waals surface area contributed by atoms with Gasteiger partial charge in [-0.2, -0.15) is 0 Å². The quantitative estimate of drug-likeness (QED) is 0.0169. The second-order valence-electron chi connectivity index (χ2n) is 31.7. The van der Waals surface area contributed by atoms with Crippen LogP contribution >= 0.6 is 15.6 Å². The monoisotopic (exact) mass is 1530 g/mol. The summed E-state index contributed by atoms with van der Waals surface area (Å²) in [6, 6.07) is 0. The maximum atomic E-state index is 13.1. The molecule has 3 unspecified atom stereocenters. The zero-order valence-electron chi connectivity index (χ0n) is 68.7. The zero-order chi connectivity index (χ0) is 77.2. The molecule has 0 bridgehead atoms. The Morgan fingerprint density at radius 1 is 0.295 bits per heavy atom. The van der Waals surface area contributed by atoms with Crippen LogP contribution in [0.2, 0.25) is 0 Å². The Labute approximate surface area is 643 Å². The number of carbonyl (C=O) groups excluding carboxylic acids is 4. The second kappa shape index (κ2) is 75.6. The van der Waals surface area contributed by atoms with Crippen LogP contribution in [0, 0.1) is 17.8 Å². The number of unbranched alkanes of at least 4 members (excludes halogenated alkanes) is 47. The average Bonchev–Trinajstić information content (AvgIpc) is 0.904. The Morgan fingerprint density at radius 2 is 0.514 bits per heavy atom. The third-order valence-corrected chi connectivity index (χ3v) is 21.4. The average molecular weight is 1530 g/mol. The highest BCUT2D eigenvalue weighted by molar-refractivity contribution is 7.47. The molecular weight excluding hydrogens is 1370 g/mol. The minimum absolute atomic E-state index is 0.0843. The predicted octanol–water partition coefficient (Wildman–Crippen LogP) is 25.6. The molecule has 0 aromatic carbocycles. The van der Waals surface area contributed by atoms with E-state index < -0.39 is 97.5 Å². The lowest BCUT2D eigenvalue weighted by Crippen LogP contribution is -2.30. The van der Waals surface area contributed by atoms with Crippen LogP contribution in [0.1, 0.15) is 427 Å². The van der Waals surface area contributed by atoms with E-state index in [-0.39, 0.29) is 25.7 Å². The zero-order valence-corrected chi connectivity index (χ0v) is 70.5. The van der Waals surface area contributed by atoms with Gasteiger partial charge in [-0.1, -0.05) is 375 Å². The lowest BCUT2D eigenvalue weighted by Gasteiger charge is -2.21. The van der Waals surface area contributed by atoms with Gasteiger partial charge in [0.15, 0.2) is 12.2 Å². The number of aliphatic hydroxyl groups is 1. The van der Waals surface area contributed by atoms with Crippen LogP contribution in [0.3, 0.4) is 0 Å². The van der Waals surface area contributed by atoms with Crippen LogP contribution in [0.25, 0.3) is 0 Å². The Morgan fingerprint density at radius 3 is 0.771 bits per heavy atom. The van der Waals surface area contributed by atoms with Crippen molar-refractivity contribution in [2.45, 2.75) is 446 Å². The molecule has 0 rings (SSSR count). The molecule has 0 saturated heterocycles. The van der Waals surface area contributed by atoms with Crippen LogP contribution in [0.5, 0.6) is 0 Å². The molecule has 0 spiro atoms. The van der Waals surface area contributed by atoms with Gasteiger partial charge in [0.05, 0.1) is 26.4 Å². The molecule has 0 amide bonds. The predicted molar refractivity (Wildman–Crippen MR) is 432 cm³/mol. The number of aliphatic hydroxyl groups excluding tert-OH is 1. The Balaban J connectivity index is 5.25. The molecule has 0 aliphatic heterocycles. The van der Waals surface area contributed by atoms with Crippen LogP contribution in [0.4, 0.5) is 0 Å². The van der Waals surface area contributed by atoms with E-state index in [1.54, 1.807) is 0 Å². The van der Waals surface area contributed by atoms with E-state index in [1.807, 2.05) is 0 Å². The number of allylic oxidation sites excluding steroid dienone is 4. The molecule has 0 radical (unpaired) electrons. The molecule has 0 aliphatic rings. The van der Waals surface area contributed by atoms with E-state index in [0.717, 1.165) is 121 Å². The maximum Gasteiger partial charge on any atom is 0.472 e. The highest BCUT2D eigenvalue weighted by Crippen LogP contribution is 2.45. The summed E-state index contributed by atoms with van der Waals surface area (Å²) < 4.78 is 68.8. The molecule has 105 heavy (non-hydrogen) atoms. The molecule has 3 N–H and O–H groups in total. The van der Waals surface area contributed by atoms with Crippen molar-refractivity contribution < 1.29 is 80.2 Å². The third kappa shape index (κ3) is 79.4. The molecule has 0 aromatic heterocycles. The highest BCUT2D eigenvalue weighted by atomic mass is 31.2. The van der Waals surface area contributed by atoms with Crippen LogP contribution in [-0.4, -0.2) is 96.7 Å². The highest BCUT2D eigenvalue weighted by Gasteiger charge is 2.30. The number of hydrogen-bond donors (Lipinski definition) is 3. The molecule has 5 atom stereocenters. The molecule has 17 nitrogen and oxygen atoms in total. The Hall–Kier alpha value is -2.46. The van der Waals surface area contributed by atoms with E-state index in [4.69, 9.17) is 37.0 Å². The molecule has 620 valence electrons. The van der Waals surface area contributed by atoms with Gasteiger partial charge in [0, 0.05) is 25.7 Å². The van der Waals surface area contributed by atoms with Crippen molar-refractivity contribution in [1.82, 2.24) is 0 Å². The fourth-order valence-corrected chi connectivity index (χ4v) is 14.4. The van der Waals surface area contributed by atoms with Crippen molar-refractivity contribution in [1.29, 1.82) is 0 Å². The van der Waals surface area contributed by atoms with Gasteiger partial charge in [-0.25, -0.2) is 9.13 Å². The molecule has 0 aliphatic carbocycles. The summed E-state index contributed by atoms with van der Waals surface area (Å²) in [6.45, 7) is 11.9. The fourth-order valence-electron chi connectivity index (χ4n) is 12.8. The van der Waals surface area contributed by atoms with Gasteiger partial charge in [0.1, 0.15) is 19.3 Å². The second-order valence-corrected chi connectivity index (χ2v) is 34.6. The minimum Gasteiger partial charge on any atom is -0.462 e. The van der Waals surface area contributed by atoms with E-state index in [9.17, 15) is 43.2 Å². The van der Waals surface area contributed by atoms with Crippen molar-refractivity contribution in [3.05, 3.63) is 24.3 Å². The summed E-state index contributed by atoms with van der Waals surface area (Å²) in [5.74, 6) is 0.195. The minimum atomic E-state index is -4.97. The summed E-state index contributed by atoms with van der Waals surface area (Å²) in [5, 5.41) is 10.7. The Bertz CT molecular complexity index is 2120. The van der Waals surface area contributed by atoms with Crippen molar-refractivity contribution in [3.8, 4) is 0 Å². The number of hydrogen-bond acceptors (Lipinski definition) is 15. The van der Waals surface area contributed by atoms with E-state index in [2.05, 4.69) is 72.8 Å². The normalized spacial score (nSPS) is 14.0. The SMILES string of the molecule is CCCCCC/C=C\C=C/CCCCCCCC(=O)O[C@H](COC(=O)CCCCCCCCCC(C)C)COP(=O)(O)OCC(O)COP(=O)(O)OC[C@@H](COC(=O)CCCCCCCCCCCCCCCCCCCCC(C)C)OC(=O)CCCCCCCCCCCCCCCCCCC(C)C. The lowest BCUT2D eigenvalue weighted by atomic mass is 10.0. The van der Waals surface area contributed by atoms with Crippen molar-refractivity contribution >= 4 is 39.5 Å². The number of ether oxygens (including phenoxy) is 4. The largest absolute Gasteiger partial charge is 0.472 e. The van der Waals surface area contributed by atoms with E-state index >= 15 is 0 Å². The van der Waals surface area contributed by atoms with E-state index in [0.29, 0.717) is 31.6 Å². The van der Waals surface area contributed by atoms with Crippen LogP contribution < -0.4 is 0 Å². The summed E-state index contributed by atoms with van der Waals surface area (Å²) in [7, 11) is -9.94. The lowest BCUT2D eigenvalue weighted by molar-refractivity contribution is -0.161. The first-order valence-electron chi connectivity index (χ1n) is 43.7. The summed E-state index contributed by atoms with van der Waals surface area (Å²) in [5.41, 5.74) is 0. The van der Waals surface area contributed by atoms with Gasteiger partial charge in [-0.3, -0.25) is 37.3 Å². The molecule has 19 heteroatoms. The Kier molecular flexibility index (Phi) is 73.8. The maximum absolute atomic E-state index is 13.1. The number of phosphoric ester groups is 2. The van der Waals surface area contributed by atoms with Gasteiger partial charge in [0.25, 0.3) is 0 Å². The van der Waals surface area contributed by atoms with Crippen molar-refractivity contribution in [2.24, 2.45) is 17.8 Å². The number of carbonyl (C=O) groups is 4. The summed E-state index contributed by atoms with van der Waals surface area (Å²) in [4.78, 5) is 73.1. The number of esters is 4. The van der Waals surface area contributed by atoms with Crippen LogP contribution in [-0.2, 0) is 65.4 Å². The molecule has 0 fully saturated rings. The topological polar surface area (TPSA) is 237 Å².